The molecule has 2 aliphatic heterocycles. The number of aliphatic hydroxyl groups is 1. The molecule has 1 aromatic carbocycles. The minimum Gasteiger partial charge on any atom is -0.496 e. The Bertz CT molecular complexity index is 677. The van der Waals surface area contributed by atoms with E-state index < -0.39 is 0 Å². The quantitative estimate of drug-likeness (QED) is 0.238. The maximum atomic E-state index is 9.48. The summed E-state index contributed by atoms with van der Waals surface area (Å²) in [6.45, 7) is 8.12. The van der Waals surface area contributed by atoms with Crippen LogP contribution in [0.3, 0.4) is 0 Å². The van der Waals surface area contributed by atoms with E-state index >= 15 is 0 Å². The smallest absolute Gasteiger partial charge is 0.191 e. The molecule has 3 rings (SSSR count). The maximum absolute atomic E-state index is 9.48. The van der Waals surface area contributed by atoms with Gasteiger partial charge in [-0.3, -0.25) is 9.89 Å². The zero-order valence-electron chi connectivity index (χ0n) is 18.9. The molecule has 8 heteroatoms. The van der Waals surface area contributed by atoms with E-state index in [-0.39, 0.29) is 42.0 Å². The molecule has 0 aliphatic carbocycles. The van der Waals surface area contributed by atoms with Crippen LogP contribution in [0.15, 0.2) is 29.3 Å². The Morgan fingerprint density at radius 2 is 2.06 bits per heavy atom. The second-order valence-corrected chi connectivity index (χ2v) is 8.35. The Balaban J connectivity index is 0.00000341. The number of halogens is 1. The number of hydrogen-bond acceptors (Lipinski definition) is 5. The molecule has 2 fully saturated rings. The van der Waals surface area contributed by atoms with Crippen LogP contribution in [0.25, 0.3) is 0 Å². The summed E-state index contributed by atoms with van der Waals surface area (Å²) in [6, 6.07) is 8.54. The number of likely N-dealkylation sites (tertiary alicyclic amines) is 1. The molecule has 2 atom stereocenters. The fourth-order valence-corrected chi connectivity index (χ4v) is 4.50. The third-order valence-corrected chi connectivity index (χ3v) is 6.29. The molecule has 0 radical (unpaired) electrons. The van der Waals surface area contributed by atoms with Gasteiger partial charge in [0, 0.05) is 37.3 Å². The molecular weight excluding hydrogens is 507 g/mol. The number of ether oxygens (including phenoxy) is 2. The van der Waals surface area contributed by atoms with Crippen molar-refractivity contribution >= 4 is 29.9 Å². The summed E-state index contributed by atoms with van der Waals surface area (Å²) in [6.07, 6.45) is 4.16. The van der Waals surface area contributed by atoms with Crippen LogP contribution >= 0.6 is 24.0 Å². The normalized spacial score (nSPS) is 22.7. The van der Waals surface area contributed by atoms with E-state index in [1.54, 1.807) is 7.11 Å². The van der Waals surface area contributed by atoms with Gasteiger partial charge in [0.25, 0.3) is 0 Å². The number of benzene rings is 1. The number of rotatable bonds is 10. The van der Waals surface area contributed by atoms with Gasteiger partial charge >= 0.3 is 0 Å². The summed E-state index contributed by atoms with van der Waals surface area (Å²) in [7, 11) is 1.74. The van der Waals surface area contributed by atoms with Crippen molar-refractivity contribution < 1.29 is 14.6 Å². The topological polar surface area (TPSA) is 78.4 Å². The number of methoxy groups -OCH3 is 1. The monoisotopic (exact) mass is 546 g/mol. The summed E-state index contributed by atoms with van der Waals surface area (Å²) < 4.78 is 11.3. The number of hydrogen-bond donors (Lipinski definition) is 3. The number of nitrogens with zero attached hydrogens (tertiary/aromatic N) is 2. The van der Waals surface area contributed by atoms with E-state index in [0.717, 1.165) is 57.3 Å². The fraction of sp³-hybridized carbons (Fsp3) is 0.696. The van der Waals surface area contributed by atoms with Crippen LogP contribution in [-0.2, 0) is 4.74 Å². The highest BCUT2D eigenvalue weighted by Crippen LogP contribution is 2.33. The molecule has 0 bridgehead atoms. The second-order valence-electron chi connectivity index (χ2n) is 8.35. The average Bonchev–Trinajstić information content (AvgIpc) is 3.46. The van der Waals surface area contributed by atoms with Gasteiger partial charge in [0.1, 0.15) is 5.75 Å². The molecule has 31 heavy (non-hydrogen) atoms. The van der Waals surface area contributed by atoms with Gasteiger partial charge in [-0.15, -0.1) is 24.0 Å². The standard InChI is InChI=1S/C23H38N4O3.HI/c1-3-24-22(26-17-23(10-14-28)11-15-30-18-23)25-16-20(27-12-6-7-13-27)19-8-4-5-9-21(19)29-2;/h4-5,8-9,20,28H,3,6-7,10-18H2,1-2H3,(H2,24,25,26);1H. The Morgan fingerprint density at radius 3 is 2.71 bits per heavy atom. The lowest BCUT2D eigenvalue weighted by Crippen LogP contribution is -2.43. The molecule has 2 aliphatic rings. The van der Waals surface area contributed by atoms with Crippen LogP contribution in [0.1, 0.15) is 44.2 Å². The zero-order chi connectivity index (χ0) is 21.2. The second kappa shape index (κ2) is 13.4. The first-order valence-corrected chi connectivity index (χ1v) is 11.3. The number of aliphatic imine (C=N–C) groups is 1. The van der Waals surface area contributed by atoms with E-state index in [2.05, 4.69) is 34.6 Å². The average molecular weight is 546 g/mol. The van der Waals surface area contributed by atoms with Crippen LogP contribution in [-0.4, -0.2) is 75.6 Å². The van der Waals surface area contributed by atoms with Crippen molar-refractivity contribution in [3.8, 4) is 5.75 Å². The molecule has 0 spiro atoms. The van der Waals surface area contributed by atoms with Crippen LogP contribution < -0.4 is 15.4 Å². The van der Waals surface area contributed by atoms with E-state index in [1.807, 2.05) is 12.1 Å². The van der Waals surface area contributed by atoms with Gasteiger partial charge in [0.15, 0.2) is 5.96 Å². The lowest BCUT2D eigenvalue weighted by molar-refractivity contribution is 0.131. The summed E-state index contributed by atoms with van der Waals surface area (Å²) >= 11 is 0. The van der Waals surface area contributed by atoms with Crippen molar-refractivity contribution in [3.05, 3.63) is 29.8 Å². The Labute approximate surface area is 204 Å². The predicted molar refractivity (Wildman–Crippen MR) is 136 cm³/mol. The molecule has 7 nitrogen and oxygen atoms in total. The highest BCUT2D eigenvalue weighted by Gasteiger charge is 2.34. The lowest BCUT2D eigenvalue weighted by atomic mass is 9.84. The first-order valence-electron chi connectivity index (χ1n) is 11.3. The molecule has 0 aromatic heterocycles. The predicted octanol–water partition coefficient (Wildman–Crippen LogP) is 2.79. The molecule has 0 saturated carbocycles. The van der Waals surface area contributed by atoms with Crippen LogP contribution in [0, 0.1) is 5.41 Å². The van der Waals surface area contributed by atoms with Crippen LogP contribution in [0.2, 0.25) is 0 Å². The molecule has 176 valence electrons. The van der Waals surface area contributed by atoms with Crippen LogP contribution in [0.4, 0.5) is 0 Å². The summed E-state index contributed by atoms with van der Waals surface area (Å²) in [4.78, 5) is 7.41. The molecule has 2 saturated heterocycles. The van der Waals surface area contributed by atoms with Gasteiger partial charge < -0.3 is 25.2 Å². The third kappa shape index (κ3) is 7.20. The lowest BCUT2D eigenvalue weighted by Gasteiger charge is -2.30. The Hall–Kier alpha value is -1.10. The highest BCUT2D eigenvalue weighted by atomic mass is 127. The van der Waals surface area contributed by atoms with Gasteiger partial charge in [0.2, 0.25) is 0 Å². The Morgan fingerprint density at radius 1 is 1.29 bits per heavy atom. The maximum Gasteiger partial charge on any atom is 0.191 e. The molecule has 0 amide bonds. The zero-order valence-corrected chi connectivity index (χ0v) is 21.3. The largest absolute Gasteiger partial charge is 0.496 e. The molecule has 1 aromatic rings. The molecule has 3 N–H and O–H groups in total. The number of nitrogens with one attached hydrogen (secondary N) is 2. The fourth-order valence-electron chi connectivity index (χ4n) is 4.50. The van der Waals surface area contributed by atoms with E-state index in [0.29, 0.717) is 13.2 Å². The van der Waals surface area contributed by atoms with E-state index in [9.17, 15) is 5.11 Å². The minimum absolute atomic E-state index is 0. The molecule has 2 unspecified atom stereocenters. The Kier molecular flexibility index (Phi) is 11.3. The van der Waals surface area contributed by atoms with Crippen molar-refractivity contribution in [2.24, 2.45) is 10.4 Å². The van der Waals surface area contributed by atoms with E-state index in [1.165, 1.54) is 18.4 Å². The SMILES string of the molecule is CCNC(=NCC1(CCO)CCOC1)NCC(c1ccccc1OC)N1CCCC1.I. The van der Waals surface area contributed by atoms with Crippen molar-refractivity contribution in [3.63, 3.8) is 0 Å². The number of para-hydroxylation sites is 1. The first-order chi connectivity index (χ1) is 14.7. The van der Waals surface area contributed by atoms with Gasteiger partial charge in [-0.1, -0.05) is 18.2 Å². The first kappa shape index (κ1) is 26.2. The summed E-state index contributed by atoms with van der Waals surface area (Å²) in [5.74, 6) is 1.75. The van der Waals surface area contributed by atoms with Gasteiger partial charge in [-0.2, -0.15) is 0 Å². The molecule has 2 heterocycles. The van der Waals surface area contributed by atoms with Crippen molar-refractivity contribution in [1.29, 1.82) is 0 Å². The van der Waals surface area contributed by atoms with E-state index in [4.69, 9.17) is 14.5 Å². The van der Waals surface area contributed by atoms with Gasteiger partial charge in [-0.05, 0) is 51.8 Å². The summed E-state index contributed by atoms with van der Waals surface area (Å²) in [5.41, 5.74) is 1.17. The number of guanidine groups is 1. The number of aliphatic hydroxyl groups excluding tert-OH is 1. The van der Waals surface area contributed by atoms with Gasteiger partial charge in [0.05, 0.1) is 26.3 Å². The minimum atomic E-state index is -0.0475. The van der Waals surface area contributed by atoms with Crippen molar-refractivity contribution in [2.45, 2.75) is 38.6 Å². The van der Waals surface area contributed by atoms with Crippen molar-refractivity contribution in [2.75, 3.05) is 59.7 Å². The van der Waals surface area contributed by atoms with Crippen molar-refractivity contribution in [1.82, 2.24) is 15.5 Å². The highest BCUT2D eigenvalue weighted by molar-refractivity contribution is 14.0. The van der Waals surface area contributed by atoms with Crippen LogP contribution in [0.5, 0.6) is 5.75 Å². The summed E-state index contributed by atoms with van der Waals surface area (Å²) in [5, 5.41) is 16.4. The van der Waals surface area contributed by atoms with Gasteiger partial charge in [-0.25, -0.2) is 0 Å². The molecular formula is C23H39IN4O3. The third-order valence-electron chi connectivity index (χ3n) is 6.29.